The molecule has 0 spiro atoms. The number of carbonyl (C=O) groups excluding carboxylic acids is 2. The van der Waals surface area contributed by atoms with Crippen LogP contribution in [0, 0.1) is 6.92 Å². The van der Waals surface area contributed by atoms with E-state index in [2.05, 4.69) is 5.32 Å². The van der Waals surface area contributed by atoms with E-state index < -0.39 is 5.97 Å². The number of benzene rings is 2. The van der Waals surface area contributed by atoms with Crippen LogP contribution in [0.5, 0.6) is 17.2 Å². The fourth-order valence-electron chi connectivity index (χ4n) is 3.39. The van der Waals surface area contributed by atoms with Crippen LogP contribution in [-0.2, 0) is 9.53 Å². The summed E-state index contributed by atoms with van der Waals surface area (Å²) in [4.78, 5) is 25.4. The van der Waals surface area contributed by atoms with E-state index >= 15 is 0 Å². The van der Waals surface area contributed by atoms with Crippen molar-refractivity contribution in [1.82, 2.24) is 0 Å². The van der Waals surface area contributed by atoms with Crippen LogP contribution < -0.4 is 19.5 Å². The molecule has 3 rings (SSSR count). The first-order valence-electron chi connectivity index (χ1n) is 11.0. The van der Waals surface area contributed by atoms with Crippen molar-refractivity contribution in [3.63, 3.8) is 0 Å². The highest BCUT2D eigenvalue weighted by Gasteiger charge is 2.23. The number of ether oxygens (including phenoxy) is 4. The molecule has 2 aromatic carbocycles. The average molecular weight is 484 g/mol. The number of rotatable bonds is 11. The molecule has 180 valence electrons. The van der Waals surface area contributed by atoms with Crippen LogP contribution in [0.15, 0.2) is 47.8 Å². The summed E-state index contributed by atoms with van der Waals surface area (Å²) in [5.74, 6) is 1.22. The molecule has 0 bridgehead atoms. The van der Waals surface area contributed by atoms with Gasteiger partial charge in [0.2, 0.25) is 5.91 Å². The van der Waals surface area contributed by atoms with Crippen LogP contribution in [0.1, 0.15) is 35.7 Å². The van der Waals surface area contributed by atoms with Crippen molar-refractivity contribution in [3.8, 4) is 28.4 Å². The van der Waals surface area contributed by atoms with Gasteiger partial charge in [-0.3, -0.25) is 4.79 Å². The summed E-state index contributed by atoms with van der Waals surface area (Å²) < 4.78 is 21.7. The number of anilines is 1. The van der Waals surface area contributed by atoms with Gasteiger partial charge in [-0.25, -0.2) is 4.79 Å². The van der Waals surface area contributed by atoms with Gasteiger partial charge < -0.3 is 24.3 Å². The Hall–Kier alpha value is -3.52. The molecule has 1 amide bonds. The van der Waals surface area contributed by atoms with Gasteiger partial charge in [0.15, 0.2) is 11.5 Å². The van der Waals surface area contributed by atoms with Gasteiger partial charge >= 0.3 is 5.97 Å². The van der Waals surface area contributed by atoms with Gasteiger partial charge in [-0.2, -0.15) is 0 Å². The molecule has 1 N–H and O–H groups in total. The summed E-state index contributed by atoms with van der Waals surface area (Å²) in [6, 6.07) is 13.2. The maximum atomic E-state index is 12.8. The lowest BCUT2D eigenvalue weighted by atomic mass is 10.0. The summed E-state index contributed by atoms with van der Waals surface area (Å²) in [6.45, 7) is 4.39. The molecule has 34 heavy (non-hydrogen) atoms. The Morgan fingerprint density at radius 3 is 2.53 bits per heavy atom. The number of hydrogen-bond acceptors (Lipinski definition) is 7. The van der Waals surface area contributed by atoms with E-state index in [9.17, 15) is 9.59 Å². The van der Waals surface area contributed by atoms with Crippen LogP contribution in [0.25, 0.3) is 11.1 Å². The molecule has 3 aromatic rings. The number of hydrogen-bond donors (Lipinski definition) is 1. The molecule has 0 unspecified atom stereocenters. The summed E-state index contributed by atoms with van der Waals surface area (Å²) in [6.07, 6.45) is 0.806. The fraction of sp³-hybridized carbons (Fsp3) is 0.308. The minimum absolute atomic E-state index is 0.195. The van der Waals surface area contributed by atoms with Gasteiger partial charge in [0.1, 0.15) is 16.3 Å². The van der Waals surface area contributed by atoms with Crippen molar-refractivity contribution in [2.75, 3.05) is 32.8 Å². The van der Waals surface area contributed by atoms with E-state index in [-0.39, 0.29) is 18.9 Å². The summed E-state index contributed by atoms with van der Waals surface area (Å²) in [5, 5.41) is 5.14. The first kappa shape index (κ1) is 25.1. The molecule has 0 fully saturated rings. The maximum absolute atomic E-state index is 12.8. The van der Waals surface area contributed by atoms with Gasteiger partial charge in [0, 0.05) is 17.4 Å². The number of methoxy groups -OCH3 is 2. The zero-order chi connectivity index (χ0) is 24.5. The Morgan fingerprint density at radius 1 is 1.03 bits per heavy atom. The van der Waals surface area contributed by atoms with E-state index in [1.807, 2.05) is 42.6 Å². The van der Waals surface area contributed by atoms with E-state index in [0.29, 0.717) is 40.7 Å². The van der Waals surface area contributed by atoms with Gasteiger partial charge in [-0.1, -0.05) is 18.2 Å². The van der Waals surface area contributed by atoms with E-state index in [4.69, 9.17) is 18.9 Å². The maximum Gasteiger partial charge on any atom is 0.341 e. The monoisotopic (exact) mass is 483 g/mol. The van der Waals surface area contributed by atoms with Crippen LogP contribution in [0.4, 0.5) is 5.00 Å². The van der Waals surface area contributed by atoms with Crippen LogP contribution in [0.2, 0.25) is 0 Å². The molecular weight excluding hydrogens is 454 g/mol. The standard InChI is InChI=1S/C26H29NO6S/c1-5-32-26(29)24-20(18-11-12-21(30-3)22(15-18)31-4)16-34-25(24)27-23(28)10-7-13-33-19-9-6-8-17(2)14-19/h6,8-9,11-12,14-16H,5,7,10,13H2,1-4H3,(H,27,28). The Bertz CT molecular complexity index is 1140. The van der Waals surface area contributed by atoms with Gasteiger partial charge in [-0.15, -0.1) is 11.3 Å². The van der Waals surface area contributed by atoms with E-state index in [1.54, 1.807) is 33.3 Å². The first-order chi connectivity index (χ1) is 16.5. The molecule has 0 atom stereocenters. The smallest absolute Gasteiger partial charge is 0.341 e. The average Bonchev–Trinajstić information content (AvgIpc) is 3.25. The Labute approximate surface area is 203 Å². The highest BCUT2D eigenvalue weighted by atomic mass is 32.1. The van der Waals surface area contributed by atoms with Crippen molar-refractivity contribution in [2.24, 2.45) is 0 Å². The number of esters is 1. The van der Waals surface area contributed by atoms with Crippen molar-refractivity contribution >= 4 is 28.2 Å². The minimum Gasteiger partial charge on any atom is -0.494 e. The molecule has 0 saturated heterocycles. The lowest BCUT2D eigenvalue weighted by Crippen LogP contribution is -2.15. The van der Waals surface area contributed by atoms with Gasteiger partial charge in [-0.05, 0) is 55.7 Å². The lowest BCUT2D eigenvalue weighted by Gasteiger charge is -2.11. The molecule has 8 heteroatoms. The molecule has 0 aliphatic carbocycles. The topological polar surface area (TPSA) is 83.1 Å². The number of carbonyl (C=O) groups is 2. The van der Waals surface area contributed by atoms with E-state index in [0.717, 1.165) is 16.9 Å². The van der Waals surface area contributed by atoms with Crippen molar-refractivity contribution in [1.29, 1.82) is 0 Å². The molecular formula is C26H29NO6S. The molecule has 1 aromatic heterocycles. The summed E-state index contributed by atoms with van der Waals surface area (Å²) in [5.41, 5.74) is 2.85. The largest absolute Gasteiger partial charge is 0.494 e. The molecule has 0 saturated carbocycles. The number of aryl methyl sites for hydroxylation is 1. The molecule has 0 radical (unpaired) electrons. The third-order valence-corrected chi connectivity index (χ3v) is 5.92. The van der Waals surface area contributed by atoms with E-state index in [1.165, 1.54) is 11.3 Å². The van der Waals surface area contributed by atoms with Crippen LogP contribution in [0.3, 0.4) is 0 Å². The van der Waals surface area contributed by atoms with Crippen LogP contribution >= 0.6 is 11.3 Å². The quantitative estimate of drug-likeness (QED) is 0.278. The zero-order valence-electron chi connectivity index (χ0n) is 19.8. The van der Waals surface area contributed by atoms with Gasteiger partial charge in [0.05, 0.1) is 27.4 Å². The number of nitrogens with one attached hydrogen (secondary N) is 1. The molecule has 0 aliphatic heterocycles. The minimum atomic E-state index is -0.494. The first-order valence-corrected chi connectivity index (χ1v) is 11.8. The highest BCUT2D eigenvalue weighted by Crippen LogP contribution is 2.39. The Morgan fingerprint density at radius 2 is 1.82 bits per heavy atom. The second-order valence-corrected chi connectivity index (χ2v) is 8.34. The lowest BCUT2D eigenvalue weighted by molar-refractivity contribution is -0.116. The van der Waals surface area contributed by atoms with Crippen molar-refractivity contribution in [3.05, 3.63) is 59.0 Å². The second kappa shape index (κ2) is 12.1. The normalized spacial score (nSPS) is 10.5. The third kappa shape index (κ3) is 6.29. The number of thiophene rings is 1. The zero-order valence-corrected chi connectivity index (χ0v) is 20.6. The molecule has 0 aliphatic rings. The van der Waals surface area contributed by atoms with Crippen molar-refractivity contribution in [2.45, 2.75) is 26.7 Å². The predicted molar refractivity (Wildman–Crippen MR) is 133 cm³/mol. The highest BCUT2D eigenvalue weighted by molar-refractivity contribution is 7.15. The fourth-order valence-corrected chi connectivity index (χ4v) is 4.36. The summed E-state index contributed by atoms with van der Waals surface area (Å²) in [7, 11) is 3.11. The Balaban J connectivity index is 1.72. The number of amides is 1. The molecule has 1 heterocycles. The van der Waals surface area contributed by atoms with Crippen molar-refractivity contribution < 1.29 is 28.5 Å². The third-order valence-electron chi connectivity index (χ3n) is 5.02. The summed E-state index contributed by atoms with van der Waals surface area (Å²) >= 11 is 1.28. The Kier molecular flexibility index (Phi) is 8.93. The van der Waals surface area contributed by atoms with Crippen LogP contribution in [-0.4, -0.2) is 39.3 Å². The second-order valence-electron chi connectivity index (χ2n) is 7.46. The molecule has 7 nitrogen and oxygen atoms in total. The SMILES string of the molecule is CCOC(=O)c1c(-c2ccc(OC)c(OC)c2)csc1NC(=O)CCCOc1cccc(C)c1. The predicted octanol–water partition coefficient (Wildman–Crippen LogP) is 5.72. The van der Waals surface area contributed by atoms with Gasteiger partial charge in [0.25, 0.3) is 0 Å².